The van der Waals surface area contributed by atoms with E-state index in [1.807, 2.05) is 29.2 Å². The third kappa shape index (κ3) is 4.81. The quantitative estimate of drug-likeness (QED) is 0.783. The second kappa shape index (κ2) is 8.01. The highest BCUT2D eigenvalue weighted by molar-refractivity contribution is 7.91. The molecule has 1 saturated heterocycles. The molecule has 0 bridgehead atoms. The van der Waals surface area contributed by atoms with Gasteiger partial charge in [0.15, 0.2) is 9.84 Å². The van der Waals surface area contributed by atoms with Gasteiger partial charge in [-0.15, -0.1) is 0 Å². The molecule has 0 saturated carbocycles. The van der Waals surface area contributed by atoms with Gasteiger partial charge in [0, 0.05) is 44.6 Å². The number of aromatic nitrogens is 2. The molecule has 2 N–H and O–H groups in total. The molecule has 0 atom stereocenters. The van der Waals surface area contributed by atoms with Crippen molar-refractivity contribution in [1.29, 1.82) is 0 Å². The van der Waals surface area contributed by atoms with Gasteiger partial charge in [-0.05, 0) is 17.2 Å². The first-order valence-corrected chi connectivity index (χ1v) is 10.5. The molecule has 0 aliphatic carbocycles. The maximum atomic E-state index is 11.6. The SMILES string of the molecule is CN(Cc1cccc(-c2cnc(N3CCS(=O)(=O)CC3)nc2)c1)C(=O)CN. The summed E-state index contributed by atoms with van der Waals surface area (Å²) in [5.74, 6) is 0.694. The van der Waals surface area contributed by atoms with E-state index >= 15 is 0 Å². The Morgan fingerprint density at radius 2 is 1.85 bits per heavy atom. The summed E-state index contributed by atoms with van der Waals surface area (Å²) in [6, 6.07) is 7.83. The minimum absolute atomic E-state index is 0.0106. The Balaban J connectivity index is 1.72. The molecule has 9 heteroatoms. The minimum Gasteiger partial charge on any atom is -0.340 e. The molecule has 0 spiro atoms. The van der Waals surface area contributed by atoms with Crippen LogP contribution in [-0.2, 0) is 21.2 Å². The Labute approximate surface area is 158 Å². The van der Waals surface area contributed by atoms with Crippen molar-refractivity contribution in [3.63, 3.8) is 0 Å². The standard InChI is InChI=1S/C18H23N5O3S/c1-22(17(24)10-19)13-14-3-2-4-15(9-14)16-11-20-18(21-12-16)23-5-7-27(25,26)8-6-23/h2-4,9,11-12H,5-8,10,13,19H2,1H3. The zero-order valence-electron chi connectivity index (χ0n) is 15.2. The molecule has 1 aromatic heterocycles. The predicted octanol–water partition coefficient (Wildman–Crippen LogP) is 0.296. The van der Waals surface area contributed by atoms with Gasteiger partial charge < -0.3 is 15.5 Å². The monoisotopic (exact) mass is 389 g/mol. The Kier molecular flexibility index (Phi) is 5.71. The van der Waals surface area contributed by atoms with Gasteiger partial charge >= 0.3 is 0 Å². The van der Waals surface area contributed by atoms with Crippen molar-refractivity contribution in [2.45, 2.75) is 6.54 Å². The van der Waals surface area contributed by atoms with Crippen molar-refractivity contribution in [3.05, 3.63) is 42.2 Å². The number of amides is 1. The molecule has 3 rings (SSSR count). The van der Waals surface area contributed by atoms with Crippen LogP contribution in [0.15, 0.2) is 36.7 Å². The molecule has 1 fully saturated rings. The zero-order chi connectivity index (χ0) is 19.4. The molecular weight excluding hydrogens is 366 g/mol. The number of nitrogens with zero attached hydrogens (tertiary/aromatic N) is 4. The third-order valence-electron chi connectivity index (χ3n) is 4.55. The summed E-state index contributed by atoms with van der Waals surface area (Å²) in [7, 11) is -1.21. The first kappa shape index (κ1) is 19.2. The van der Waals surface area contributed by atoms with Gasteiger partial charge in [0.2, 0.25) is 11.9 Å². The molecule has 0 unspecified atom stereocenters. The van der Waals surface area contributed by atoms with E-state index in [0.717, 1.165) is 16.7 Å². The van der Waals surface area contributed by atoms with Crippen molar-refractivity contribution >= 4 is 21.7 Å². The van der Waals surface area contributed by atoms with Crippen LogP contribution in [0.2, 0.25) is 0 Å². The fourth-order valence-electron chi connectivity index (χ4n) is 2.91. The van der Waals surface area contributed by atoms with Crippen LogP contribution in [-0.4, -0.2) is 67.4 Å². The van der Waals surface area contributed by atoms with Gasteiger partial charge in [0.05, 0.1) is 18.1 Å². The fraction of sp³-hybridized carbons (Fsp3) is 0.389. The second-order valence-electron chi connectivity index (χ2n) is 6.56. The van der Waals surface area contributed by atoms with Gasteiger partial charge in [-0.3, -0.25) is 4.79 Å². The number of hydrogen-bond donors (Lipinski definition) is 1. The number of sulfone groups is 1. The number of rotatable bonds is 5. The van der Waals surface area contributed by atoms with Gasteiger partial charge in [0.1, 0.15) is 0 Å². The lowest BCUT2D eigenvalue weighted by atomic mass is 10.1. The fourth-order valence-corrected chi connectivity index (χ4v) is 4.11. The number of nitrogens with two attached hydrogens (primary N) is 1. The highest BCUT2D eigenvalue weighted by Gasteiger charge is 2.23. The highest BCUT2D eigenvalue weighted by atomic mass is 32.2. The van der Waals surface area contributed by atoms with Crippen LogP contribution in [0, 0.1) is 0 Å². The summed E-state index contributed by atoms with van der Waals surface area (Å²) in [4.78, 5) is 23.9. The molecule has 8 nitrogen and oxygen atoms in total. The molecule has 1 aliphatic rings. The first-order valence-electron chi connectivity index (χ1n) is 8.69. The van der Waals surface area contributed by atoms with E-state index in [9.17, 15) is 13.2 Å². The average Bonchev–Trinajstić information content (AvgIpc) is 2.67. The molecule has 0 radical (unpaired) electrons. The predicted molar refractivity (Wildman–Crippen MR) is 104 cm³/mol. The molecule has 1 amide bonds. The molecule has 2 aromatic rings. The van der Waals surface area contributed by atoms with E-state index in [2.05, 4.69) is 9.97 Å². The second-order valence-corrected chi connectivity index (χ2v) is 8.87. The smallest absolute Gasteiger partial charge is 0.236 e. The van der Waals surface area contributed by atoms with Crippen LogP contribution in [0.25, 0.3) is 11.1 Å². The largest absolute Gasteiger partial charge is 0.340 e. The maximum absolute atomic E-state index is 11.6. The summed E-state index contributed by atoms with van der Waals surface area (Å²) >= 11 is 0. The Bertz CT molecular complexity index is 901. The van der Waals surface area contributed by atoms with E-state index in [0.29, 0.717) is 25.6 Å². The van der Waals surface area contributed by atoms with Crippen LogP contribution in [0.5, 0.6) is 0 Å². The molecule has 1 aliphatic heterocycles. The summed E-state index contributed by atoms with van der Waals surface area (Å²) in [6.45, 7) is 1.30. The van der Waals surface area contributed by atoms with E-state index in [1.165, 1.54) is 0 Å². The van der Waals surface area contributed by atoms with Crippen LogP contribution < -0.4 is 10.6 Å². The number of carbonyl (C=O) groups excluding carboxylic acids is 1. The Hall–Kier alpha value is -2.52. The van der Waals surface area contributed by atoms with Crippen molar-refractivity contribution in [3.8, 4) is 11.1 Å². The Morgan fingerprint density at radius 3 is 2.48 bits per heavy atom. The van der Waals surface area contributed by atoms with Crippen molar-refractivity contribution in [2.24, 2.45) is 5.73 Å². The zero-order valence-corrected chi connectivity index (χ0v) is 16.0. The van der Waals surface area contributed by atoms with Crippen LogP contribution in [0.1, 0.15) is 5.56 Å². The van der Waals surface area contributed by atoms with Gasteiger partial charge in [-0.2, -0.15) is 0 Å². The molecule has 144 valence electrons. The maximum Gasteiger partial charge on any atom is 0.236 e. The molecule has 1 aromatic carbocycles. The highest BCUT2D eigenvalue weighted by Crippen LogP contribution is 2.21. The van der Waals surface area contributed by atoms with Gasteiger partial charge in [0.25, 0.3) is 0 Å². The number of carbonyl (C=O) groups is 1. The summed E-state index contributed by atoms with van der Waals surface area (Å²) < 4.78 is 23.1. The van der Waals surface area contributed by atoms with E-state index in [-0.39, 0.29) is 24.0 Å². The third-order valence-corrected chi connectivity index (χ3v) is 6.16. The van der Waals surface area contributed by atoms with Crippen LogP contribution in [0.4, 0.5) is 5.95 Å². The lowest BCUT2D eigenvalue weighted by Gasteiger charge is -2.26. The van der Waals surface area contributed by atoms with Crippen molar-refractivity contribution < 1.29 is 13.2 Å². The van der Waals surface area contributed by atoms with Gasteiger partial charge in [-0.25, -0.2) is 18.4 Å². The molecule has 27 heavy (non-hydrogen) atoms. The topological polar surface area (TPSA) is 109 Å². The molecular formula is C18H23N5O3S. The van der Waals surface area contributed by atoms with E-state index < -0.39 is 9.84 Å². The number of anilines is 1. The summed E-state index contributed by atoms with van der Waals surface area (Å²) in [5.41, 5.74) is 8.19. The minimum atomic E-state index is -2.93. The molecule has 2 heterocycles. The Morgan fingerprint density at radius 1 is 1.19 bits per heavy atom. The average molecular weight is 389 g/mol. The number of benzene rings is 1. The van der Waals surface area contributed by atoms with Gasteiger partial charge in [-0.1, -0.05) is 18.2 Å². The number of likely N-dealkylation sites (N-methyl/N-ethyl adjacent to an activating group) is 1. The summed E-state index contributed by atoms with van der Waals surface area (Å²) in [6.07, 6.45) is 3.47. The van der Waals surface area contributed by atoms with E-state index in [1.54, 1.807) is 24.3 Å². The first-order chi connectivity index (χ1) is 12.9. The normalized spacial score (nSPS) is 16.1. The summed E-state index contributed by atoms with van der Waals surface area (Å²) in [5, 5.41) is 0. The van der Waals surface area contributed by atoms with E-state index in [4.69, 9.17) is 5.73 Å². The van der Waals surface area contributed by atoms with Crippen molar-refractivity contribution in [1.82, 2.24) is 14.9 Å². The lowest BCUT2D eigenvalue weighted by Crippen LogP contribution is -2.41. The van der Waals surface area contributed by atoms with Crippen LogP contribution >= 0.6 is 0 Å². The number of hydrogen-bond acceptors (Lipinski definition) is 7. The van der Waals surface area contributed by atoms with Crippen molar-refractivity contribution in [2.75, 3.05) is 43.1 Å². The van der Waals surface area contributed by atoms with Crippen LogP contribution in [0.3, 0.4) is 0 Å². The lowest BCUT2D eigenvalue weighted by molar-refractivity contribution is -0.128.